The highest BCUT2D eigenvalue weighted by molar-refractivity contribution is 5.98. The van der Waals surface area contributed by atoms with Crippen molar-refractivity contribution in [3.8, 4) is 0 Å². The Labute approximate surface area is 135 Å². The van der Waals surface area contributed by atoms with E-state index >= 15 is 0 Å². The van der Waals surface area contributed by atoms with Gasteiger partial charge in [-0.1, -0.05) is 43.2 Å². The van der Waals surface area contributed by atoms with Crippen LogP contribution in [0.25, 0.3) is 10.8 Å². The molecule has 0 saturated heterocycles. The number of unbranched alkanes of at least 4 members (excludes halogenated alkanes) is 3. The second kappa shape index (κ2) is 8.90. The van der Waals surface area contributed by atoms with E-state index < -0.39 is 0 Å². The van der Waals surface area contributed by atoms with Crippen molar-refractivity contribution in [3.63, 3.8) is 0 Å². The Morgan fingerprint density at radius 2 is 1.65 bits per heavy atom. The molecule has 0 aliphatic rings. The fourth-order valence-electron chi connectivity index (χ4n) is 2.45. The Kier molecular flexibility index (Phi) is 6.56. The largest absolute Gasteiger partial charge is 0.352 e. The summed E-state index contributed by atoms with van der Waals surface area (Å²) in [6, 6.07) is 13.6. The molecule has 5 heteroatoms. The third-order valence-corrected chi connectivity index (χ3v) is 3.75. The van der Waals surface area contributed by atoms with Gasteiger partial charge in [0.1, 0.15) is 0 Å². The molecule has 5 nitrogen and oxygen atoms in total. The predicted octanol–water partition coefficient (Wildman–Crippen LogP) is 3.03. The lowest BCUT2D eigenvalue weighted by Crippen LogP contribution is -2.24. The molecule has 0 spiro atoms. The van der Waals surface area contributed by atoms with E-state index in [-0.39, 0.29) is 11.8 Å². The minimum Gasteiger partial charge on any atom is -0.352 e. The molecule has 2 aromatic rings. The average molecular weight is 314 g/mol. The summed E-state index contributed by atoms with van der Waals surface area (Å²) in [7, 11) is 0. The minimum absolute atomic E-state index is 0.0598. The first-order valence-corrected chi connectivity index (χ1v) is 7.90. The van der Waals surface area contributed by atoms with Crippen LogP contribution in [0, 0.1) is 0 Å². The van der Waals surface area contributed by atoms with E-state index in [1.165, 1.54) is 0 Å². The highest BCUT2D eigenvalue weighted by Gasteiger charge is 2.05. The zero-order valence-corrected chi connectivity index (χ0v) is 13.0. The van der Waals surface area contributed by atoms with Gasteiger partial charge in [0.05, 0.1) is 0 Å². The second-order valence-corrected chi connectivity index (χ2v) is 5.52. The molecule has 0 aliphatic heterocycles. The van der Waals surface area contributed by atoms with Crippen molar-refractivity contribution in [2.75, 3.05) is 6.54 Å². The van der Waals surface area contributed by atoms with Crippen LogP contribution in [-0.2, 0) is 4.79 Å². The number of hydroxylamine groups is 1. The minimum atomic E-state index is -0.352. The van der Waals surface area contributed by atoms with Crippen LogP contribution in [-0.4, -0.2) is 23.6 Å². The van der Waals surface area contributed by atoms with E-state index in [2.05, 4.69) is 5.32 Å². The highest BCUT2D eigenvalue weighted by atomic mass is 16.5. The van der Waals surface area contributed by atoms with E-state index in [1.54, 1.807) is 5.48 Å². The molecule has 2 amide bonds. The highest BCUT2D eigenvalue weighted by Crippen LogP contribution is 2.15. The maximum absolute atomic E-state index is 12.1. The van der Waals surface area contributed by atoms with Gasteiger partial charge in [-0.2, -0.15) is 0 Å². The lowest BCUT2D eigenvalue weighted by molar-refractivity contribution is -0.129. The van der Waals surface area contributed by atoms with Gasteiger partial charge in [0, 0.05) is 18.5 Å². The molecular formula is C18H22N2O3. The molecule has 0 fully saturated rings. The summed E-state index contributed by atoms with van der Waals surface area (Å²) < 4.78 is 0. The zero-order valence-electron chi connectivity index (χ0n) is 13.0. The van der Waals surface area contributed by atoms with Crippen LogP contribution in [0.1, 0.15) is 42.5 Å². The summed E-state index contributed by atoms with van der Waals surface area (Å²) in [4.78, 5) is 22.9. The van der Waals surface area contributed by atoms with Gasteiger partial charge in [0.15, 0.2) is 0 Å². The standard InChI is InChI=1S/C18H22N2O3/c21-17(20-23)9-3-1-2-6-12-19-18(22)16-11-10-14-7-4-5-8-15(14)13-16/h4-5,7-8,10-11,13,23H,1-3,6,9,12H2,(H,19,22)(H,20,21). The molecule has 3 N–H and O–H groups in total. The zero-order chi connectivity index (χ0) is 16.5. The van der Waals surface area contributed by atoms with Gasteiger partial charge in [-0.05, 0) is 35.7 Å². The lowest BCUT2D eigenvalue weighted by atomic mass is 10.1. The lowest BCUT2D eigenvalue weighted by Gasteiger charge is -2.06. The van der Waals surface area contributed by atoms with Crippen LogP contribution in [0.5, 0.6) is 0 Å². The van der Waals surface area contributed by atoms with Gasteiger partial charge in [-0.25, -0.2) is 5.48 Å². The van der Waals surface area contributed by atoms with Crippen LogP contribution in [0.3, 0.4) is 0 Å². The topological polar surface area (TPSA) is 78.4 Å². The second-order valence-electron chi connectivity index (χ2n) is 5.52. The molecule has 0 bridgehead atoms. The molecule has 122 valence electrons. The van der Waals surface area contributed by atoms with Crippen LogP contribution in [0.2, 0.25) is 0 Å². The molecule has 2 aromatic carbocycles. The molecule has 0 aromatic heterocycles. The third-order valence-electron chi connectivity index (χ3n) is 3.75. The van der Waals surface area contributed by atoms with Gasteiger partial charge in [0.25, 0.3) is 5.91 Å². The molecule has 0 heterocycles. The molecule has 0 unspecified atom stereocenters. The molecule has 0 saturated carbocycles. The van der Waals surface area contributed by atoms with Crippen LogP contribution in [0.15, 0.2) is 42.5 Å². The molecule has 0 radical (unpaired) electrons. The number of benzene rings is 2. The first-order valence-electron chi connectivity index (χ1n) is 7.90. The van der Waals surface area contributed by atoms with Crippen molar-refractivity contribution in [2.24, 2.45) is 0 Å². The van der Waals surface area contributed by atoms with Gasteiger partial charge >= 0.3 is 0 Å². The van der Waals surface area contributed by atoms with Gasteiger partial charge in [-0.15, -0.1) is 0 Å². The van der Waals surface area contributed by atoms with E-state index in [4.69, 9.17) is 5.21 Å². The number of hydrogen-bond donors (Lipinski definition) is 3. The Balaban J connectivity index is 1.69. The number of hydrogen-bond acceptors (Lipinski definition) is 3. The maximum Gasteiger partial charge on any atom is 0.251 e. The van der Waals surface area contributed by atoms with E-state index in [1.807, 2.05) is 42.5 Å². The molecule has 0 atom stereocenters. The number of carbonyl (C=O) groups is 2. The Morgan fingerprint density at radius 1 is 0.913 bits per heavy atom. The molecule has 23 heavy (non-hydrogen) atoms. The number of fused-ring (bicyclic) bond motifs is 1. The van der Waals surface area contributed by atoms with Crippen molar-refractivity contribution in [1.82, 2.24) is 10.8 Å². The van der Waals surface area contributed by atoms with E-state index in [0.29, 0.717) is 18.5 Å². The summed E-state index contributed by atoms with van der Waals surface area (Å²) >= 11 is 0. The van der Waals surface area contributed by atoms with Gasteiger partial charge in [-0.3, -0.25) is 14.8 Å². The van der Waals surface area contributed by atoms with Crippen LogP contribution >= 0.6 is 0 Å². The van der Waals surface area contributed by atoms with Crippen molar-refractivity contribution in [3.05, 3.63) is 48.0 Å². The Morgan fingerprint density at radius 3 is 2.43 bits per heavy atom. The van der Waals surface area contributed by atoms with Crippen LogP contribution in [0.4, 0.5) is 0 Å². The van der Waals surface area contributed by atoms with Crippen molar-refractivity contribution >= 4 is 22.6 Å². The molecular weight excluding hydrogens is 292 g/mol. The van der Waals surface area contributed by atoms with Gasteiger partial charge < -0.3 is 5.32 Å². The smallest absolute Gasteiger partial charge is 0.251 e. The van der Waals surface area contributed by atoms with Crippen molar-refractivity contribution < 1.29 is 14.8 Å². The average Bonchev–Trinajstić information content (AvgIpc) is 2.60. The summed E-state index contributed by atoms with van der Waals surface area (Å²) in [6.07, 6.45) is 3.79. The first kappa shape index (κ1) is 17.0. The van der Waals surface area contributed by atoms with E-state index in [9.17, 15) is 9.59 Å². The van der Waals surface area contributed by atoms with Crippen LogP contribution < -0.4 is 10.8 Å². The summed E-state index contributed by atoms with van der Waals surface area (Å²) in [5.41, 5.74) is 2.29. The normalized spacial score (nSPS) is 10.5. The van der Waals surface area contributed by atoms with E-state index in [0.717, 1.165) is 36.5 Å². The van der Waals surface area contributed by atoms with Gasteiger partial charge in [0.2, 0.25) is 5.91 Å². The number of amides is 2. The summed E-state index contributed by atoms with van der Waals surface area (Å²) in [6.45, 7) is 0.623. The molecule has 0 aliphatic carbocycles. The first-order chi connectivity index (χ1) is 11.2. The van der Waals surface area contributed by atoms with Crippen molar-refractivity contribution in [2.45, 2.75) is 32.1 Å². The SMILES string of the molecule is O=C(CCCCCCNC(=O)c1ccc2ccccc2c1)NO. The monoisotopic (exact) mass is 314 g/mol. The predicted molar refractivity (Wildman–Crippen MR) is 89.3 cm³/mol. The molecule has 2 rings (SSSR count). The third kappa shape index (κ3) is 5.38. The summed E-state index contributed by atoms with van der Waals surface area (Å²) in [5.74, 6) is -0.412. The maximum atomic E-state index is 12.1. The number of nitrogens with one attached hydrogen (secondary N) is 2. The number of rotatable bonds is 8. The fourth-order valence-corrected chi connectivity index (χ4v) is 2.45. The quantitative estimate of drug-likeness (QED) is 0.398. The van der Waals surface area contributed by atoms with Crippen molar-refractivity contribution in [1.29, 1.82) is 0 Å². The summed E-state index contributed by atoms with van der Waals surface area (Å²) in [5, 5.41) is 13.5. The Bertz CT molecular complexity index is 670. The number of carbonyl (C=O) groups excluding carboxylic acids is 2. The Hall–Kier alpha value is -2.40. The fraction of sp³-hybridized carbons (Fsp3) is 0.333.